The van der Waals surface area contributed by atoms with Crippen molar-refractivity contribution in [2.24, 2.45) is 0 Å². The number of nitrogens with zero attached hydrogens (tertiary/aromatic N) is 1. The summed E-state index contributed by atoms with van der Waals surface area (Å²) in [5.74, 6) is -1.02. The van der Waals surface area contributed by atoms with Crippen molar-refractivity contribution in [2.45, 2.75) is 0 Å². The van der Waals surface area contributed by atoms with Crippen molar-refractivity contribution in [3.63, 3.8) is 0 Å². The molecule has 0 aliphatic carbocycles. The molecule has 0 radical (unpaired) electrons. The van der Waals surface area contributed by atoms with Crippen LogP contribution in [0.5, 0.6) is 5.75 Å². The second-order valence-corrected chi connectivity index (χ2v) is 4.80. The minimum Gasteiger partial charge on any atom is -0.483 e. The first-order valence-electron chi connectivity index (χ1n) is 4.93. The molecule has 1 amide bonds. The van der Waals surface area contributed by atoms with E-state index in [0.717, 1.165) is 4.90 Å². The zero-order chi connectivity index (χ0) is 13.7. The summed E-state index contributed by atoms with van der Waals surface area (Å²) in [6, 6.07) is 4.90. The zero-order valence-corrected chi connectivity index (χ0v) is 11.9. The third-order valence-corrected chi connectivity index (χ3v) is 2.90. The molecule has 0 aromatic heterocycles. The Morgan fingerprint density at radius 3 is 2.72 bits per heavy atom. The Labute approximate surface area is 117 Å². The van der Waals surface area contributed by atoms with Crippen LogP contribution in [0.15, 0.2) is 22.7 Å². The number of benzene rings is 1. The monoisotopic (exact) mass is 335 g/mol. The van der Waals surface area contributed by atoms with Crippen LogP contribution in [0, 0.1) is 0 Å². The molecule has 0 saturated carbocycles. The molecule has 0 aliphatic rings. The Hall–Kier alpha value is -1.27. The van der Waals surface area contributed by atoms with Crippen molar-refractivity contribution in [3.8, 4) is 5.75 Å². The molecule has 0 saturated heterocycles. The molecule has 7 heteroatoms. The molecule has 1 aromatic carbocycles. The summed E-state index contributed by atoms with van der Waals surface area (Å²) in [7, 11) is 1.40. The Morgan fingerprint density at radius 1 is 1.50 bits per heavy atom. The van der Waals surface area contributed by atoms with Crippen LogP contribution in [0.2, 0.25) is 5.02 Å². The number of likely N-dealkylation sites (N-methyl/N-ethyl adjacent to an activating group) is 1. The lowest BCUT2D eigenvalue weighted by atomic mass is 10.3. The van der Waals surface area contributed by atoms with Crippen molar-refractivity contribution in [3.05, 3.63) is 27.7 Å². The number of hydrogen-bond acceptors (Lipinski definition) is 3. The van der Waals surface area contributed by atoms with Crippen LogP contribution < -0.4 is 4.74 Å². The van der Waals surface area contributed by atoms with Gasteiger partial charge in [0.25, 0.3) is 5.91 Å². The minimum absolute atomic E-state index is 0.232. The highest BCUT2D eigenvalue weighted by molar-refractivity contribution is 9.10. The molecule has 0 fully saturated rings. The van der Waals surface area contributed by atoms with Crippen molar-refractivity contribution in [1.82, 2.24) is 4.90 Å². The van der Waals surface area contributed by atoms with Gasteiger partial charge in [-0.05, 0) is 34.1 Å². The highest BCUT2D eigenvalue weighted by Crippen LogP contribution is 2.27. The highest BCUT2D eigenvalue weighted by atomic mass is 79.9. The van der Waals surface area contributed by atoms with E-state index in [4.69, 9.17) is 21.4 Å². The van der Waals surface area contributed by atoms with E-state index in [9.17, 15) is 9.59 Å². The maximum Gasteiger partial charge on any atom is 0.323 e. The lowest BCUT2D eigenvalue weighted by molar-refractivity contribution is -0.144. The van der Waals surface area contributed by atoms with Crippen molar-refractivity contribution in [1.29, 1.82) is 0 Å². The maximum absolute atomic E-state index is 11.5. The van der Waals surface area contributed by atoms with Gasteiger partial charge in [0.15, 0.2) is 6.61 Å². The summed E-state index contributed by atoms with van der Waals surface area (Å²) in [4.78, 5) is 23.0. The number of amides is 1. The molecule has 1 aromatic rings. The van der Waals surface area contributed by atoms with Gasteiger partial charge in [0.1, 0.15) is 12.3 Å². The molecule has 18 heavy (non-hydrogen) atoms. The van der Waals surface area contributed by atoms with Crippen molar-refractivity contribution in [2.75, 3.05) is 20.2 Å². The second-order valence-electron chi connectivity index (χ2n) is 3.51. The van der Waals surface area contributed by atoms with E-state index in [1.54, 1.807) is 18.2 Å². The Kier molecular flexibility index (Phi) is 5.43. The lowest BCUT2D eigenvalue weighted by Crippen LogP contribution is -2.35. The third-order valence-electron chi connectivity index (χ3n) is 2.04. The van der Waals surface area contributed by atoms with Crippen LogP contribution >= 0.6 is 27.5 Å². The quantitative estimate of drug-likeness (QED) is 0.893. The molecule has 0 unspecified atom stereocenters. The lowest BCUT2D eigenvalue weighted by Gasteiger charge is -2.15. The van der Waals surface area contributed by atoms with Gasteiger partial charge in [-0.1, -0.05) is 11.6 Å². The van der Waals surface area contributed by atoms with Gasteiger partial charge in [0.2, 0.25) is 0 Å². The normalized spacial score (nSPS) is 9.94. The number of carbonyl (C=O) groups is 2. The zero-order valence-electron chi connectivity index (χ0n) is 9.52. The molecule has 0 bridgehead atoms. The summed E-state index contributed by atoms with van der Waals surface area (Å²) in [5, 5.41) is 9.08. The van der Waals surface area contributed by atoms with Gasteiger partial charge in [-0.25, -0.2) is 0 Å². The minimum atomic E-state index is -1.07. The van der Waals surface area contributed by atoms with E-state index in [1.807, 2.05) is 0 Å². The van der Waals surface area contributed by atoms with Crippen LogP contribution in [0.1, 0.15) is 0 Å². The number of rotatable bonds is 5. The molecule has 0 atom stereocenters. The van der Waals surface area contributed by atoms with Gasteiger partial charge in [-0.15, -0.1) is 0 Å². The third kappa shape index (κ3) is 4.54. The van der Waals surface area contributed by atoms with E-state index in [-0.39, 0.29) is 13.2 Å². The maximum atomic E-state index is 11.5. The number of aliphatic carboxylic acids is 1. The summed E-state index contributed by atoms with van der Waals surface area (Å²) in [6.07, 6.45) is 0. The fourth-order valence-corrected chi connectivity index (χ4v) is 1.93. The summed E-state index contributed by atoms with van der Waals surface area (Å²) in [6.45, 7) is -0.589. The van der Waals surface area contributed by atoms with Crippen LogP contribution in [-0.2, 0) is 9.59 Å². The average Bonchev–Trinajstić information content (AvgIpc) is 2.26. The van der Waals surface area contributed by atoms with Crippen LogP contribution in [0.25, 0.3) is 0 Å². The standard InChI is InChI=1S/C11H11BrClNO4/c1-14(5-11(16)17)10(15)6-18-9-3-2-7(13)4-8(9)12/h2-4H,5-6H2,1H3,(H,16,17). The Balaban J connectivity index is 2.54. The predicted molar refractivity (Wildman–Crippen MR) is 69.9 cm³/mol. The molecule has 5 nitrogen and oxygen atoms in total. The highest BCUT2D eigenvalue weighted by Gasteiger charge is 2.13. The summed E-state index contributed by atoms with van der Waals surface area (Å²) < 4.78 is 5.90. The fourth-order valence-electron chi connectivity index (χ4n) is 1.13. The summed E-state index contributed by atoms with van der Waals surface area (Å²) >= 11 is 9.01. The molecule has 0 spiro atoms. The van der Waals surface area contributed by atoms with Crippen molar-refractivity contribution < 1.29 is 19.4 Å². The smallest absolute Gasteiger partial charge is 0.323 e. The van der Waals surface area contributed by atoms with Gasteiger partial charge >= 0.3 is 5.97 Å². The van der Waals surface area contributed by atoms with Crippen LogP contribution in [0.4, 0.5) is 0 Å². The van der Waals surface area contributed by atoms with E-state index < -0.39 is 11.9 Å². The van der Waals surface area contributed by atoms with Crippen molar-refractivity contribution >= 4 is 39.4 Å². The largest absolute Gasteiger partial charge is 0.483 e. The summed E-state index contributed by atoms with van der Waals surface area (Å²) in [5.41, 5.74) is 0. The fraction of sp³-hybridized carbons (Fsp3) is 0.273. The van der Waals surface area contributed by atoms with E-state index in [2.05, 4.69) is 15.9 Å². The first-order chi connectivity index (χ1) is 8.40. The van der Waals surface area contributed by atoms with Gasteiger partial charge in [0.05, 0.1) is 4.47 Å². The number of hydrogen-bond donors (Lipinski definition) is 1. The SMILES string of the molecule is CN(CC(=O)O)C(=O)COc1ccc(Cl)cc1Br. The second kappa shape index (κ2) is 6.61. The Morgan fingerprint density at radius 2 is 2.17 bits per heavy atom. The number of carboxylic acids is 1. The number of halogens is 2. The first kappa shape index (κ1) is 14.8. The van der Waals surface area contributed by atoms with E-state index in [1.165, 1.54) is 7.05 Å². The molecule has 0 heterocycles. The molecule has 0 aliphatic heterocycles. The predicted octanol–water partition coefficient (Wildman–Crippen LogP) is 2.02. The van der Waals surface area contributed by atoms with Crippen LogP contribution in [-0.4, -0.2) is 42.1 Å². The van der Waals surface area contributed by atoms with Crippen LogP contribution in [0.3, 0.4) is 0 Å². The molecule has 98 valence electrons. The Bertz CT molecular complexity index is 466. The number of ether oxygens (including phenoxy) is 1. The van der Waals surface area contributed by atoms with E-state index in [0.29, 0.717) is 15.2 Å². The number of carbonyl (C=O) groups excluding carboxylic acids is 1. The van der Waals surface area contributed by atoms with Gasteiger partial charge in [-0.2, -0.15) is 0 Å². The number of carboxylic acid groups (broad SMARTS) is 1. The van der Waals surface area contributed by atoms with Gasteiger partial charge in [-0.3, -0.25) is 9.59 Å². The topological polar surface area (TPSA) is 66.8 Å². The molecular formula is C11H11BrClNO4. The van der Waals surface area contributed by atoms with Gasteiger partial charge in [0, 0.05) is 12.1 Å². The molecule has 1 rings (SSSR count). The molecular weight excluding hydrogens is 325 g/mol. The average molecular weight is 337 g/mol. The van der Waals surface area contributed by atoms with E-state index >= 15 is 0 Å². The molecule has 1 N–H and O–H groups in total. The first-order valence-corrected chi connectivity index (χ1v) is 6.11. The van der Waals surface area contributed by atoms with Gasteiger partial charge < -0.3 is 14.7 Å².